The van der Waals surface area contributed by atoms with Crippen LogP contribution in [0.2, 0.25) is 0 Å². The Labute approximate surface area is 212 Å². The van der Waals surface area contributed by atoms with Gasteiger partial charge in [0.15, 0.2) is 0 Å². The number of anilines is 3. The van der Waals surface area contributed by atoms with E-state index in [1.54, 1.807) is 36.5 Å². The molecule has 9 heteroatoms. The lowest BCUT2D eigenvalue weighted by Crippen LogP contribution is -2.35. The summed E-state index contributed by atoms with van der Waals surface area (Å²) in [6.45, 7) is 0.769. The van der Waals surface area contributed by atoms with E-state index in [1.807, 2.05) is 11.9 Å². The van der Waals surface area contributed by atoms with Gasteiger partial charge >= 0.3 is 0 Å². The number of carbonyl (C=O) groups excluding carboxylic acids is 1. The summed E-state index contributed by atoms with van der Waals surface area (Å²) in [5, 5.41) is 2.65. The number of aromatic nitrogens is 2. The van der Waals surface area contributed by atoms with E-state index in [0.717, 1.165) is 29.9 Å². The predicted octanol–water partition coefficient (Wildman–Crippen LogP) is 4.32. The summed E-state index contributed by atoms with van der Waals surface area (Å²) in [7, 11) is 1.89. The number of fused-ring (bicyclic) bond motifs is 1. The molecule has 0 fully saturated rings. The molecule has 0 spiro atoms. The Morgan fingerprint density at radius 2 is 1.86 bits per heavy atom. The van der Waals surface area contributed by atoms with Crippen LogP contribution in [0.3, 0.4) is 0 Å². The van der Waals surface area contributed by atoms with Crippen LogP contribution in [-0.4, -0.2) is 29.1 Å². The van der Waals surface area contributed by atoms with Gasteiger partial charge in [0.1, 0.15) is 23.0 Å². The minimum atomic E-state index is -0.656. The van der Waals surface area contributed by atoms with Crippen LogP contribution in [0.5, 0.6) is 0 Å². The number of nitrogen functional groups attached to an aromatic ring is 1. The number of benzene rings is 2. The van der Waals surface area contributed by atoms with Crippen molar-refractivity contribution in [2.24, 2.45) is 0 Å². The Bertz CT molecular complexity index is 1550. The molecule has 3 N–H and O–H groups in total. The molecule has 1 aliphatic rings. The first-order valence-electron chi connectivity index (χ1n) is 11.9. The Morgan fingerprint density at radius 3 is 2.59 bits per heavy atom. The third-order valence-electron chi connectivity index (χ3n) is 6.48. The van der Waals surface area contributed by atoms with Crippen LogP contribution in [-0.2, 0) is 12.8 Å². The van der Waals surface area contributed by atoms with E-state index in [9.17, 15) is 18.4 Å². The molecule has 1 amide bonds. The molecule has 0 unspecified atom stereocenters. The summed E-state index contributed by atoms with van der Waals surface area (Å²) in [5.74, 6) is -1.22. The first kappa shape index (κ1) is 24.2. The molecule has 2 aromatic heterocycles. The number of carbonyl (C=O) groups is 1. The molecule has 4 aromatic rings. The van der Waals surface area contributed by atoms with Crippen molar-refractivity contribution in [3.8, 4) is 5.69 Å². The van der Waals surface area contributed by atoms with Gasteiger partial charge in [0.05, 0.1) is 5.69 Å². The Hall–Kier alpha value is -4.53. The maximum absolute atomic E-state index is 14.9. The van der Waals surface area contributed by atoms with Gasteiger partial charge in [-0.05, 0) is 78.6 Å². The van der Waals surface area contributed by atoms with Crippen molar-refractivity contribution in [2.75, 3.05) is 29.5 Å². The van der Waals surface area contributed by atoms with Gasteiger partial charge in [-0.1, -0.05) is 6.07 Å². The van der Waals surface area contributed by atoms with Crippen LogP contribution in [0, 0.1) is 11.6 Å². The van der Waals surface area contributed by atoms with E-state index in [0.29, 0.717) is 29.9 Å². The zero-order valence-electron chi connectivity index (χ0n) is 20.2. The second kappa shape index (κ2) is 9.85. The van der Waals surface area contributed by atoms with Gasteiger partial charge < -0.3 is 16.0 Å². The molecule has 188 valence electrons. The molecule has 0 saturated heterocycles. The van der Waals surface area contributed by atoms with Crippen LogP contribution < -0.4 is 21.5 Å². The summed E-state index contributed by atoms with van der Waals surface area (Å²) in [4.78, 5) is 32.7. The third-order valence-corrected chi connectivity index (χ3v) is 6.48. The van der Waals surface area contributed by atoms with Gasteiger partial charge in [-0.3, -0.25) is 14.2 Å². The van der Waals surface area contributed by atoms with Gasteiger partial charge in [-0.25, -0.2) is 13.8 Å². The standard InChI is InChI=1S/C28H25F2N5O2/c1-34-12-2-3-24-25(34)16-22(28(37)35(24)21-8-5-19(29)6-9-21)27(36)33-20-7-4-18(23(30)15-20)13-17-10-11-32-26(31)14-17/h4-11,14-16H,2-3,12-13H2,1H3,(H2,31,32)(H,33,36). The van der Waals surface area contributed by atoms with Gasteiger partial charge in [0.25, 0.3) is 11.5 Å². The van der Waals surface area contributed by atoms with E-state index < -0.39 is 23.1 Å². The number of nitrogens with zero attached hydrogens (tertiary/aromatic N) is 3. The highest BCUT2D eigenvalue weighted by Crippen LogP contribution is 2.28. The van der Waals surface area contributed by atoms with Crippen molar-refractivity contribution in [3.63, 3.8) is 0 Å². The normalized spacial score (nSPS) is 12.8. The minimum absolute atomic E-state index is 0.0893. The van der Waals surface area contributed by atoms with E-state index >= 15 is 0 Å². The summed E-state index contributed by atoms with van der Waals surface area (Å²) in [5.41, 5.74) is 8.53. The predicted molar refractivity (Wildman–Crippen MR) is 139 cm³/mol. The first-order chi connectivity index (χ1) is 17.8. The number of pyridine rings is 2. The molecule has 0 radical (unpaired) electrons. The number of hydrogen-bond acceptors (Lipinski definition) is 5. The molecular formula is C28H25F2N5O2. The molecular weight excluding hydrogens is 476 g/mol. The van der Waals surface area contributed by atoms with Crippen LogP contribution in [0.1, 0.15) is 33.6 Å². The summed E-state index contributed by atoms with van der Waals surface area (Å²) in [6, 6.07) is 15.0. The molecule has 0 atom stereocenters. The zero-order valence-corrected chi connectivity index (χ0v) is 20.2. The first-order valence-corrected chi connectivity index (χ1v) is 11.9. The van der Waals surface area contributed by atoms with Crippen LogP contribution in [0.25, 0.3) is 5.69 Å². The van der Waals surface area contributed by atoms with Crippen molar-refractivity contribution in [1.29, 1.82) is 0 Å². The SMILES string of the molecule is CN1CCCc2c1cc(C(=O)Nc1ccc(Cc3ccnc(N)c3)c(F)c1)c(=O)n2-c1ccc(F)cc1. The number of nitrogens with one attached hydrogen (secondary N) is 1. The second-order valence-corrected chi connectivity index (χ2v) is 9.06. The summed E-state index contributed by atoms with van der Waals surface area (Å²) < 4.78 is 29.9. The van der Waals surface area contributed by atoms with Crippen molar-refractivity contribution in [3.05, 3.63) is 111 Å². The van der Waals surface area contributed by atoms with Crippen molar-refractivity contribution < 1.29 is 13.6 Å². The average molecular weight is 502 g/mol. The molecule has 7 nitrogen and oxygen atoms in total. The van der Waals surface area contributed by atoms with Crippen molar-refractivity contribution in [1.82, 2.24) is 9.55 Å². The van der Waals surface area contributed by atoms with Gasteiger partial charge in [0.2, 0.25) is 0 Å². The Kier molecular flexibility index (Phi) is 6.43. The fourth-order valence-corrected chi connectivity index (χ4v) is 4.63. The third kappa shape index (κ3) is 4.93. The smallest absolute Gasteiger partial charge is 0.268 e. The summed E-state index contributed by atoms with van der Waals surface area (Å²) >= 11 is 0. The van der Waals surface area contributed by atoms with Crippen molar-refractivity contribution in [2.45, 2.75) is 19.3 Å². The Balaban J connectivity index is 1.47. The molecule has 2 aromatic carbocycles. The highest BCUT2D eigenvalue weighted by atomic mass is 19.1. The van der Waals surface area contributed by atoms with Gasteiger partial charge in [0, 0.05) is 43.3 Å². The highest BCUT2D eigenvalue weighted by Gasteiger charge is 2.24. The molecule has 0 saturated carbocycles. The number of hydrogen-bond donors (Lipinski definition) is 2. The lowest BCUT2D eigenvalue weighted by Gasteiger charge is -2.30. The molecule has 1 aliphatic heterocycles. The number of nitrogens with two attached hydrogens (primary N) is 1. The molecule has 5 rings (SSSR count). The molecule has 37 heavy (non-hydrogen) atoms. The van der Waals surface area contributed by atoms with Crippen LogP contribution >= 0.6 is 0 Å². The van der Waals surface area contributed by atoms with E-state index in [1.165, 1.54) is 34.9 Å². The van der Waals surface area contributed by atoms with Gasteiger partial charge in [-0.15, -0.1) is 0 Å². The lowest BCUT2D eigenvalue weighted by molar-refractivity contribution is 0.102. The number of rotatable bonds is 5. The zero-order chi connectivity index (χ0) is 26.1. The van der Waals surface area contributed by atoms with E-state index in [2.05, 4.69) is 10.3 Å². The minimum Gasteiger partial charge on any atom is -0.384 e. The second-order valence-electron chi connectivity index (χ2n) is 9.06. The number of amides is 1. The number of halogens is 2. The average Bonchev–Trinajstić information content (AvgIpc) is 2.86. The largest absolute Gasteiger partial charge is 0.384 e. The lowest BCUT2D eigenvalue weighted by atomic mass is 10.0. The fourth-order valence-electron chi connectivity index (χ4n) is 4.63. The monoisotopic (exact) mass is 501 g/mol. The quantitative estimate of drug-likeness (QED) is 0.425. The molecule has 3 heterocycles. The summed E-state index contributed by atoms with van der Waals surface area (Å²) in [6.07, 6.45) is 3.36. The Morgan fingerprint density at radius 1 is 1.08 bits per heavy atom. The van der Waals surface area contributed by atoms with Crippen molar-refractivity contribution >= 4 is 23.1 Å². The molecule has 0 bridgehead atoms. The van der Waals surface area contributed by atoms with E-state index in [-0.39, 0.29) is 11.3 Å². The van der Waals surface area contributed by atoms with E-state index in [4.69, 9.17) is 5.73 Å². The van der Waals surface area contributed by atoms with Gasteiger partial charge in [-0.2, -0.15) is 0 Å². The maximum atomic E-state index is 14.9. The molecule has 0 aliphatic carbocycles. The fraction of sp³-hybridized carbons (Fsp3) is 0.179. The van der Waals surface area contributed by atoms with Crippen LogP contribution in [0.15, 0.2) is 71.7 Å². The highest BCUT2D eigenvalue weighted by molar-refractivity contribution is 6.04. The maximum Gasteiger partial charge on any atom is 0.268 e. The van der Waals surface area contributed by atoms with Crippen LogP contribution in [0.4, 0.5) is 26.0 Å². The topological polar surface area (TPSA) is 93.2 Å².